The van der Waals surface area contributed by atoms with E-state index in [2.05, 4.69) is 31.1 Å². The molecule has 0 spiro atoms. The summed E-state index contributed by atoms with van der Waals surface area (Å²) in [7, 11) is 1.56. The molecule has 1 aliphatic carbocycles. The van der Waals surface area contributed by atoms with Crippen LogP contribution in [0.1, 0.15) is 56.2 Å². The predicted molar refractivity (Wildman–Crippen MR) is 129 cm³/mol. The Kier molecular flexibility index (Phi) is 8.60. The molecular weight excluding hydrogens is 402 g/mol. The minimum absolute atomic E-state index is 0.220. The van der Waals surface area contributed by atoms with E-state index in [0.29, 0.717) is 6.61 Å². The van der Waals surface area contributed by atoms with Gasteiger partial charge in [0.2, 0.25) is 0 Å². The molecule has 2 aromatic rings. The Morgan fingerprint density at radius 1 is 0.938 bits per heavy atom. The van der Waals surface area contributed by atoms with E-state index in [-0.39, 0.29) is 12.2 Å². The van der Waals surface area contributed by atoms with E-state index in [9.17, 15) is 0 Å². The van der Waals surface area contributed by atoms with E-state index in [0.717, 1.165) is 65.3 Å². The SMILES string of the molecule is C/C=C/COc1cc(C)c(OC2CCC(Oc3ccc(/C(C)=N/OC)cc3)CC2)c(C)c1. The molecule has 32 heavy (non-hydrogen) atoms. The summed E-state index contributed by atoms with van der Waals surface area (Å²) in [4.78, 5) is 4.84. The number of hydrogen-bond donors (Lipinski definition) is 0. The van der Waals surface area contributed by atoms with Gasteiger partial charge in [0.05, 0.1) is 17.9 Å². The van der Waals surface area contributed by atoms with Crippen LogP contribution < -0.4 is 14.2 Å². The largest absolute Gasteiger partial charge is 0.490 e. The highest BCUT2D eigenvalue weighted by atomic mass is 16.6. The quantitative estimate of drug-likeness (QED) is 0.259. The van der Waals surface area contributed by atoms with Crippen LogP contribution in [0.2, 0.25) is 0 Å². The number of nitrogens with zero attached hydrogens (tertiary/aromatic N) is 1. The summed E-state index contributed by atoms with van der Waals surface area (Å²) in [5.74, 6) is 2.76. The topological polar surface area (TPSA) is 49.3 Å². The van der Waals surface area contributed by atoms with E-state index in [1.165, 1.54) is 0 Å². The van der Waals surface area contributed by atoms with Crippen LogP contribution in [-0.2, 0) is 4.84 Å². The van der Waals surface area contributed by atoms with Crippen LogP contribution in [0, 0.1) is 13.8 Å². The van der Waals surface area contributed by atoms with Gasteiger partial charge < -0.3 is 19.0 Å². The van der Waals surface area contributed by atoms with Crippen LogP contribution in [0.5, 0.6) is 17.2 Å². The maximum atomic E-state index is 6.41. The second-order valence-electron chi connectivity index (χ2n) is 8.28. The van der Waals surface area contributed by atoms with Gasteiger partial charge in [0, 0.05) is 0 Å². The molecule has 0 amide bonds. The van der Waals surface area contributed by atoms with E-state index in [1.54, 1.807) is 7.11 Å². The first-order valence-electron chi connectivity index (χ1n) is 11.4. The Morgan fingerprint density at radius 2 is 1.53 bits per heavy atom. The van der Waals surface area contributed by atoms with Crippen LogP contribution in [0.25, 0.3) is 0 Å². The molecular formula is C27H35NO4. The molecule has 1 saturated carbocycles. The zero-order valence-electron chi connectivity index (χ0n) is 19.9. The standard InChI is InChI=1S/C27H35NO4/c1-6-7-16-30-26-17-19(2)27(20(3)18-26)32-25-14-12-24(13-15-25)31-23-10-8-22(9-11-23)21(4)28-29-5/h6-11,17-18,24-25H,12-16H2,1-5H3/b7-6+,28-21+. The van der Waals surface area contributed by atoms with Crippen molar-refractivity contribution in [2.24, 2.45) is 5.16 Å². The first-order chi connectivity index (χ1) is 15.5. The Bertz CT molecular complexity index is 902. The molecule has 172 valence electrons. The van der Waals surface area contributed by atoms with Crippen LogP contribution >= 0.6 is 0 Å². The Balaban J connectivity index is 1.51. The number of rotatable bonds is 9. The van der Waals surface area contributed by atoms with Crippen molar-refractivity contribution in [3.05, 3.63) is 65.2 Å². The van der Waals surface area contributed by atoms with Gasteiger partial charge in [-0.25, -0.2) is 0 Å². The van der Waals surface area contributed by atoms with Gasteiger partial charge in [-0.1, -0.05) is 17.3 Å². The Labute approximate surface area is 192 Å². The normalized spacial score (nSPS) is 19.1. The molecule has 0 heterocycles. The lowest BCUT2D eigenvalue weighted by molar-refractivity contribution is 0.0798. The highest BCUT2D eigenvalue weighted by molar-refractivity contribution is 5.98. The zero-order valence-corrected chi connectivity index (χ0v) is 19.9. The number of allylic oxidation sites excluding steroid dienone is 1. The smallest absolute Gasteiger partial charge is 0.125 e. The summed E-state index contributed by atoms with van der Waals surface area (Å²) in [6.45, 7) is 8.68. The minimum Gasteiger partial charge on any atom is -0.490 e. The molecule has 0 unspecified atom stereocenters. The zero-order chi connectivity index (χ0) is 22.9. The summed E-state index contributed by atoms with van der Waals surface area (Å²) in [5.41, 5.74) is 4.11. The summed E-state index contributed by atoms with van der Waals surface area (Å²) in [5, 5.41) is 3.97. The fraction of sp³-hybridized carbons (Fsp3) is 0.444. The van der Waals surface area contributed by atoms with Crippen molar-refractivity contribution >= 4 is 5.71 Å². The second-order valence-corrected chi connectivity index (χ2v) is 8.28. The molecule has 2 aromatic carbocycles. The molecule has 3 rings (SSSR count). The van der Waals surface area contributed by atoms with E-state index in [4.69, 9.17) is 19.0 Å². The summed E-state index contributed by atoms with van der Waals surface area (Å²) < 4.78 is 18.4. The second kappa shape index (κ2) is 11.6. The number of oxime groups is 1. The van der Waals surface area contributed by atoms with Crippen molar-refractivity contribution < 1.29 is 19.0 Å². The number of benzene rings is 2. The number of hydrogen-bond acceptors (Lipinski definition) is 5. The first-order valence-corrected chi connectivity index (χ1v) is 11.4. The van der Waals surface area contributed by atoms with Gasteiger partial charge in [-0.15, -0.1) is 0 Å². The van der Waals surface area contributed by atoms with Crippen LogP contribution in [0.4, 0.5) is 0 Å². The van der Waals surface area contributed by atoms with Gasteiger partial charge >= 0.3 is 0 Å². The average molecular weight is 438 g/mol. The molecule has 0 aliphatic heterocycles. The third kappa shape index (κ3) is 6.52. The van der Waals surface area contributed by atoms with Crippen molar-refractivity contribution in [2.45, 2.75) is 65.6 Å². The van der Waals surface area contributed by atoms with Crippen molar-refractivity contribution in [3.8, 4) is 17.2 Å². The maximum Gasteiger partial charge on any atom is 0.125 e. The molecule has 0 saturated heterocycles. The van der Waals surface area contributed by atoms with E-state index >= 15 is 0 Å². The highest BCUT2D eigenvalue weighted by Crippen LogP contribution is 2.33. The van der Waals surface area contributed by atoms with E-state index < -0.39 is 0 Å². The molecule has 0 radical (unpaired) electrons. The van der Waals surface area contributed by atoms with Crippen LogP contribution in [-0.4, -0.2) is 31.6 Å². The fourth-order valence-electron chi connectivity index (χ4n) is 4.01. The van der Waals surface area contributed by atoms with Gasteiger partial charge in [0.25, 0.3) is 0 Å². The fourth-order valence-corrected chi connectivity index (χ4v) is 4.01. The summed E-state index contributed by atoms with van der Waals surface area (Å²) in [6.07, 6.45) is 8.38. The lowest BCUT2D eigenvalue weighted by Crippen LogP contribution is -2.30. The number of ether oxygens (including phenoxy) is 3. The first kappa shape index (κ1) is 23.7. The van der Waals surface area contributed by atoms with Gasteiger partial charge in [-0.2, -0.15) is 0 Å². The van der Waals surface area contributed by atoms with Gasteiger partial charge in [-0.3, -0.25) is 0 Å². The molecule has 1 fully saturated rings. The number of aryl methyl sites for hydroxylation is 2. The highest BCUT2D eigenvalue weighted by Gasteiger charge is 2.25. The van der Waals surface area contributed by atoms with Crippen molar-refractivity contribution in [2.75, 3.05) is 13.7 Å². The monoisotopic (exact) mass is 437 g/mol. The maximum absolute atomic E-state index is 6.41. The summed E-state index contributed by atoms with van der Waals surface area (Å²) >= 11 is 0. The van der Waals surface area contributed by atoms with Crippen LogP contribution in [0.15, 0.2) is 53.7 Å². The van der Waals surface area contributed by atoms with Crippen molar-refractivity contribution in [3.63, 3.8) is 0 Å². The minimum atomic E-state index is 0.220. The third-order valence-corrected chi connectivity index (χ3v) is 5.72. The lowest BCUT2D eigenvalue weighted by Gasteiger charge is -2.30. The van der Waals surface area contributed by atoms with E-state index in [1.807, 2.05) is 50.3 Å². The van der Waals surface area contributed by atoms with Crippen molar-refractivity contribution in [1.29, 1.82) is 0 Å². The molecule has 5 nitrogen and oxygen atoms in total. The molecule has 0 atom stereocenters. The third-order valence-electron chi connectivity index (χ3n) is 5.72. The van der Waals surface area contributed by atoms with Gasteiger partial charge in [0.1, 0.15) is 31.0 Å². The molecule has 5 heteroatoms. The van der Waals surface area contributed by atoms with Gasteiger partial charge in [-0.05, 0) is 106 Å². The molecule has 0 bridgehead atoms. The summed E-state index contributed by atoms with van der Waals surface area (Å²) in [6, 6.07) is 12.1. The Hall–Kier alpha value is -2.95. The molecule has 0 aromatic heterocycles. The lowest BCUT2D eigenvalue weighted by atomic mass is 9.94. The van der Waals surface area contributed by atoms with Crippen LogP contribution in [0.3, 0.4) is 0 Å². The molecule has 1 aliphatic rings. The average Bonchev–Trinajstić information content (AvgIpc) is 2.78. The Morgan fingerprint density at radius 3 is 2.09 bits per heavy atom. The molecule has 0 N–H and O–H groups in total. The predicted octanol–water partition coefficient (Wildman–Crippen LogP) is 6.40. The van der Waals surface area contributed by atoms with Gasteiger partial charge in [0.15, 0.2) is 0 Å². The van der Waals surface area contributed by atoms with Crippen molar-refractivity contribution in [1.82, 2.24) is 0 Å².